The Morgan fingerprint density at radius 2 is 1.96 bits per heavy atom. The lowest BCUT2D eigenvalue weighted by Gasteiger charge is -1.99. The summed E-state index contributed by atoms with van der Waals surface area (Å²) in [5.41, 5.74) is 1.26. The minimum Gasteiger partial charge on any atom is -0.493 e. The van der Waals surface area contributed by atoms with Crippen LogP contribution in [0.2, 0.25) is 0 Å². The Morgan fingerprint density at radius 1 is 1.24 bits per heavy atom. The van der Waals surface area contributed by atoms with Crippen molar-refractivity contribution < 1.29 is 14.8 Å². The number of fused-ring (bicyclic) bond motifs is 1. The SMILES string of the molecule is Cc1ccc(C(=O)N=Nc2c(O)n(C)c3ccccc23)cc1[N+](=O)[O-]. The van der Waals surface area contributed by atoms with Crippen molar-refractivity contribution in [3.63, 3.8) is 0 Å². The monoisotopic (exact) mass is 338 g/mol. The number of para-hydroxylation sites is 1. The summed E-state index contributed by atoms with van der Waals surface area (Å²) in [5, 5.41) is 29.3. The average Bonchev–Trinajstić information content (AvgIpc) is 2.84. The van der Waals surface area contributed by atoms with E-state index in [1.54, 1.807) is 32.2 Å². The maximum atomic E-state index is 12.2. The van der Waals surface area contributed by atoms with E-state index in [1.807, 2.05) is 6.07 Å². The summed E-state index contributed by atoms with van der Waals surface area (Å²) in [4.78, 5) is 22.6. The highest BCUT2D eigenvalue weighted by atomic mass is 16.6. The molecule has 25 heavy (non-hydrogen) atoms. The molecular formula is C17H14N4O4. The second kappa shape index (κ2) is 6.16. The van der Waals surface area contributed by atoms with Crippen LogP contribution in [0, 0.1) is 17.0 Å². The molecule has 0 fully saturated rings. The third-order valence-electron chi connectivity index (χ3n) is 3.94. The van der Waals surface area contributed by atoms with Crippen LogP contribution in [0.15, 0.2) is 52.7 Å². The van der Waals surface area contributed by atoms with Crippen molar-refractivity contribution >= 4 is 28.2 Å². The largest absolute Gasteiger partial charge is 0.493 e. The molecule has 0 saturated heterocycles. The van der Waals surface area contributed by atoms with E-state index in [1.165, 1.54) is 22.8 Å². The molecule has 0 spiro atoms. The number of hydrogen-bond acceptors (Lipinski definition) is 5. The molecule has 0 aliphatic carbocycles. The van der Waals surface area contributed by atoms with E-state index < -0.39 is 10.8 Å². The summed E-state index contributed by atoms with van der Waals surface area (Å²) in [5.74, 6) is -0.844. The highest BCUT2D eigenvalue weighted by Gasteiger charge is 2.17. The van der Waals surface area contributed by atoms with Crippen LogP contribution < -0.4 is 0 Å². The summed E-state index contributed by atoms with van der Waals surface area (Å²) >= 11 is 0. The van der Waals surface area contributed by atoms with E-state index in [0.717, 1.165) is 5.52 Å². The molecule has 8 nitrogen and oxygen atoms in total. The highest BCUT2D eigenvalue weighted by Crippen LogP contribution is 2.37. The van der Waals surface area contributed by atoms with Crippen LogP contribution in [0.25, 0.3) is 10.9 Å². The van der Waals surface area contributed by atoms with E-state index in [9.17, 15) is 20.0 Å². The van der Waals surface area contributed by atoms with Crippen LogP contribution in [-0.2, 0) is 7.05 Å². The number of nitrogens with zero attached hydrogens (tertiary/aromatic N) is 4. The molecule has 1 aromatic heterocycles. The zero-order chi connectivity index (χ0) is 18.1. The van der Waals surface area contributed by atoms with Crippen molar-refractivity contribution in [1.82, 2.24) is 4.57 Å². The minimum atomic E-state index is -0.726. The molecule has 2 aromatic carbocycles. The first kappa shape index (κ1) is 16.3. The number of carbonyl (C=O) groups excluding carboxylic acids is 1. The van der Waals surface area contributed by atoms with Crippen molar-refractivity contribution in [3.05, 3.63) is 63.7 Å². The third kappa shape index (κ3) is 2.85. The fourth-order valence-electron chi connectivity index (χ4n) is 2.55. The van der Waals surface area contributed by atoms with E-state index >= 15 is 0 Å². The quantitative estimate of drug-likeness (QED) is 0.441. The summed E-state index contributed by atoms with van der Waals surface area (Å²) in [6.07, 6.45) is 0. The van der Waals surface area contributed by atoms with Crippen LogP contribution >= 0.6 is 0 Å². The lowest BCUT2D eigenvalue weighted by molar-refractivity contribution is -0.385. The lowest BCUT2D eigenvalue weighted by Crippen LogP contribution is -1.98. The summed E-state index contributed by atoms with van der Waals surface area (Å²) in [7, 11) is 1.67. The summed E-state index contributed by atoms with van der Waals surface area (Å²) in [6, 6.07) is 11.3. The first-order chi connectivity index (χ1) is 11.9. The summed E-state index contributed by atoms with van der Waals surface area (Å²) < 4.78 is 1.53. The molecule has 1 heterocycles. The first-order valence-corrected chi connectivity index (χ1v) is 7.37. The van der Waals surface area contributed by atoms with Gasteiger partial charge in [-0.25, -0.2) is 0 Å². The van der Waals surface area contributed by atoms with Crippen molar-refractivity contribution in [2.24, 2.45) is 17.3 Å². The van der Waals surface area contributed by atoms with Gasteiger partial charge in [-0.15, -0.1) is 10.2 Å². The second-order valence-electron chi connectivity index (χ2n) is 5.51. The number of nitro groups is 1. The molecule has 0 unspecified atom stereocenters. The number of benzene rings is 2. The molecule has 0 aliphatic rings. The van der Waals surface area contributed by atoms with Crippen LogP contribution in [0.5, 0.6) is 5.88 Å². The van der Waals surface area contributed by atoms with Crippen LogP contribution in [0.4, 0.5) is 11.4 Å². The number of nitro benzene ring substituents is 1. The molecule has 0 atom stereocenters. The number of azo groups is 1. The number of aromatic nitrogens is 1. The van der Waals surface area contributed by atoms with Crippen molar-refractivity contribution in [3.8, 4) is 5.88 Å². The van der Waals surface area contributed by atoms with E-state index in [4.69, 9.17) is 0 Å². The van der Waals surface area contributed by atoms with Gasteiger partial charge >= 0.3 is 0 Å². The van der Waals surface area contributed by atoms with E-state index in [-0.39, 0.29) is 22.8 Å². The van der Waals surface area contributed by atoms with Crippen molar-refractivity contribution in [2.45, 2.75) is 6.92 Å². The van der Waals surface area contributed by atoms with Gasteiger partial charge < -0.3 is 9.67 Å². The number of carbonyl (C=O) groups is 1. The molecule has 126 valence electrons. The predicted molar refractivity (Wildman–Crippen MR) is 91.3 cm³/mol. The van der Waals surface area contributed by atoms with Crippen LogP contribution in [0.3, 0.4) is 0 Å². The van der Waals surface area contributed by atoms with Gasteiger partial charge in [-0.2, -0.15) is 0 Å². The van der Waals surface area contributed by atoms with Crippen LogP contribution in [-0.4, -0.2) is 20.5 Å². The fraction of sp³-hybridized carbons (Fsp3) is 0.118. The van der Waals surface area contributed by atoms with Gasteiger partial charge in [-0.3, -0.25) is 14.9 Å². The Bertz CT molecular complexity index is 1040. The predicted octanol–water partition coefficient (Wildman–Crippen LogP) is 4.02. The van der Waals surface area contributed by atoms with Gasteiger partial charge in [-0.1, -0.05) is 24.3 Å². The van der Waals surface area contributed by atoms with Crippen molar-refractivity contribution in [1.29, 1.82) is 0 Å². The number of aromatic hydroxyl groups is 1. The molecule has 1 N–H and O–H groups in total. The zero-order valence-electron chi connectivity index (χ0n) is 13.5. The Labute approximate surface area is 142 Å². The molecule has 0 aliphatic heterocycles. The normalized spacial score (nSPS) is 11.3. The fourth-order valence-corrected chi connectivity index (χ4v) is 2.55. The molecule has 0 radical (unpaired) electrons. The Hall–Kier alpha value is -3.55. The number of rotatable bonds is 3. The smallest absolute Gasteiger partial charge is 0.295 e. The van der Waals surface area contributed by atoms with Gasteiger partial charge in [0.15, 0.2) is 5.69 Å². The standard InChI is InChI=1S/C17H14N4O4/c1-10-7-8-11(9-14(10)21(24)25)16(22)19-18-15-12-5-3-4-6-13(12)20(2)17(15)23/h3-9,23H,1-2H3. The molecule has 0 bridgehead atoms. The highest BCUT2D eigenvalue weighted by molar-refractivity contribution is 5.97. The van der Waals surface area contributed by atoms with Crippen LogP contribution in [0.1, 0.15) is 15.9 Å². The maximum Gasteiger partial charge on any atom is 0.295 e. The number of aryl methyl sites for hydroxylation is 2. The third-order valence-corrected chi connectivity index (χ3v) is 3.94. The van der Waals surface area contributed by atoms with Gasteiger partial charge in [0.2, 0.25) is 5.88 Å². The maximum absolute atomic E-state index is 12.2. The molecule has 3 rings (SSSR count). The van der Waals surface area contributed by atoms with E-state index in [2.05, 4.69) is 10.2 Å². The summed E-state index contributed by atoms with van der Waals surface area (Å²) in [6.45, 7) is 1.59. The van der Waals surface area contributed by atoms with Crippen molar-refractivity contribution in [2.75, 3.05) is 0 Å². The van der Waals surface area contributed by atoms with Gasteiger partial charge in [0.25, 0.3) is 11.6 Å². The first-order valence-electron chi connectivity index (χ1n) is 7.37. The molecular weight excluding hydrogens is 324 g/mol. The topological polar surface area (TPSA) is 110 Å². The molecule has 0 saturated carbocycles. The number of amides is 1. The van der Waals surface area contributed by atoms with Gasteiger partial charge in [0.1, 0.15) is 0 Å². The van der Waals surface area contributed by atoms with E-state index in [0.29, 0.717) is 10.9 Å². The Balaban J connectivity index is 1.98. The Kier molecular flexibility index (Phi) is 4.02. The number of hydrogen-bond donors (Lipinski definition) is 1. The second-order valence-corrected chi connectivity index (χ2v) is 5.51. The molecule has 1 amide bonds. The Morgan fingerprint density at radius 3 is 2.68 bits per heavy atom. The average molecular weight is 338 g/mol. The van der Waals surface area contributed by atoms with Gasteiger partial charge in [0.05, 0.1) is 16.0 Å². The van der Waals surface area contributed by atoms with Gasteiger partial charge in [0, 0.05) is 24.1 Å². The molecule has 8 heteroatoms. The minimum absolute atomic E-state index is 0.0563. The van der Waals surface area contributed by atoms with Gasteiger partial charge in [-0.05, 0) is 19.1 Å². The molecule has 3 aromatic rings. The lowest BCUT2D eigenvalue weighted by atomic mass is 10.1. The zero-order valence-corrected chi connectivity index (χ0v) is 13.5.